The molecule has 5 heteroatoms. The van der Waals surface area contributed by atoms with Gasteiger partial charge in [-0.05, 0) is 51.5 Å². The lowest BCUT2D eigenvalue weighted by atomic mass is 10.2. The van der Waals surface area contributed by atoms with E-state index in [4.69, 9.17) is 9.05 Å². The zero-order valence-corrected chi connectivity index (χ0v) is 12.6. The second-order valence-electron chi connectivity index (χ2n) is 4.72. The summed E-state index contributed by atoms with van der Waals surface area (Å²) in [5.41, 5.74) is 0.737. The van der Waals surface area contributed by atoms with Gasteiger partial charge in [0.2, 0.25) is 0 Å². The molecule has 1 rings (SSSR count). The largest absolute Gasteiger partial charge is 0.354 e. The van der Waals surface area contributed by atoms with E-state index in [0.29, 0.717) is 0 Å². The van der Waals surface area contributed by atoms with E-state index in [2.05, 4.69) is 0 Å². The summed E-state index contributed by atoms with van der Waals surface area (Å²) in [4.78, 5) is 0. The predicted molar refractivity (Wildman–Crippen MR) is 75.5 cm³/mol. The van der Waals surface area contributed by atoms with E-state index in [9.17, 15) is 8.96 Å². The lowest BCUT2D eigenvalue weighted by Crippen LogP contribution is -2.06. The molecule has 0 unspecified atom stereocenters. The molecule has 0 bridgehead atoms. The van der Waals surface area contributed by atoms with Crippen molar-refractivity contribution in [1.29, 1.82) is 0 Å². The van der Waals surface area contributed by atoms with Crippen LogP contribution in [-0.4, -0.2) is 12.2 Å². The van der Waals surface area contributed by atoms with Crippen molar-refractivity contribution in [2.75, 3.05) is 0 Å². The van der Waals surface area contributed by atoms with Crippen LogP contribution in [0.4, 0.5) is 4.39 Å². The van der Waals surface area contributed by atoms with Crippen LogP contribution in [-0.2, 0) is 13.6 Å². The van der Waals surface area contributed by atoms with Gasteiger partial charge in [-0.1, -0.05) is 12.1 Å². The van der Waals surface area contributed by atoms with E-state index in [1.807, 2.05) is 0 Å². The van der Waals surface area contributed by atoms with Crippen LogP contribution in [0.15, 0.2) is 30.1 Å². The summed E-state index contributed by atoms with van der Waals surface area (Å²) in [6, 6.07) is 5.89. The minimum absolute atomic E-state index is 0.206. The average molecular weight is 286 g/mol. The molecule has 0 spiro atoms. The molecule has 0 radical (unpaired) electrons. The number of rotatable bonds is 6. The van der Waals surface area contributed by atoms with Crippen LogP contribution in [0, 0.1) is 5.82 Å². The molecule has 19 heavy (non-hydrogen) atoms. The Morgan fingerprint density at radius 2 is 1.53 bits per heavy atom. The van der Waals surface area contributed by atoms with Gasteiger partial charge in [-0.2, -0.15) is 0 Å². The average Bonchev–Trinajstić information content (AvgIpc) is 2.26. The van der Waals surface area contributed by atoms with E-state index in [0.717, 1.165) is 5.56 Å². The lowest BCUT2D eigenvalue weighted by Gasteiger charge is -2.19. The molecule has 0 N–H and O–H groups in total. The molecule has 1 aromatic carbocycles. The highest BCUT2D eigenvalue weighted by Crippen LogP contribution is 2.52. The Hall–Kier alpha value is -0.960. The molecule has 0 atom stereocenters. The van der Waals surface area contributed by atoms with Gasteiger partial charge < -0.3 is 9.05 Å². The van der Waals surface area contributed by atoms with Crippen molar-refractivity contribution in [1.82, 2.24) is 0 Å². The first-order valence-corrected chi connectivity index (χ1v) is 7.83. The van der Waals surface area contributed by atoms with Crippen molar-refractivity contribution in [3.8, 4) is 0 Å². The molecule has 0 heterocycles. The van der Waals surface area contributed by atoms with Gasteiger partial charge in [0.1, 0.15) is 5.82 Å². The highest BCUT2D eigenvalue weighted by Gasteiger charge is 2.23. The number of benzene rings is 1. The van der Waals surface area contributed by atoms with E-state index in [1.54, 1.807) is 45.9 Å². The van der Waals surface area contributed by atoms with Gasteiger partial charge >= 0.3 is 7.60 Å². The van der Waals surface area contributed by atoms with Crippen molar-refractivity contribution >= 4 is 13.7 Å². The van der Waals surface area contributed by atoms with Gasteiger partial charge in [0, 0.05) is 5.82 Å². The number of hydrogen-bond donors (Lipinski definition) is 0. The van der Waals surface area contributed by atoms with Crippen LogP contribution in [0.2, 0.25) is 0 Å². The summed E-state index contributed by atoms with van der Waals surface area (Å²) in [5, 5.41) is 0. The van der Waals surface area contributed by atoms with Crippen LogP contribution < -0.4 is 0 Å². The van der Waals surface area contributed by atoms with E-state index in [-0.39, 0.29) is 18.0 Å². The molecule has 0 aliphatic carbocycles. The van der Waals surface area contributed by atoms with Crippen molar-refractivity contribution in [2.24, 2.45) is 0 Å². The molecule has 0 saturated carbocycles. The molecule has 0 fully saturated rings. The minimum Gasteiger partial charge on any atom is -0.303 e. The van der Waals surface area contributed by atoms with Crippen LogP contribution in [0.3, 0.4) is 0 Å². The molecule has 0 amide bonds. The van der Waals surface area contributed by atoms with Crippen LogP contribution >= 0.6 is 7.60 Å². The molecule has 0 saturated heterocycles. The highest BCUT2D eigenvalue weighted by atomic mass is 31.2. The SMILES string of the molecule is CC(C)OP(=O)(/C=C/c1ccc(F)cc1)OC(C)C. The maximum absolute atomic E-state index is 12.8. The van der Waals surface area contributed by atoms with Gasteiger partial charge in [-0.3, -0.25) is 4.57 Å². The zero-order valence-electron chi connectivity index (χ0n) is 11.7. The number of halogens is 1. The molecule has 1 aromatic rings. The van der Waals surface area contributed by atoms with E-state index < -0.39 is 7.60 Å². The predicted octanol–water partition coefficient (Wildman–Crippen LogP) is 4.84. The fourth-order valence-electron chi connectivity index (χ4n) is 1.43. The molecular formula is C14H20FO3P. The Bertz CT molecular complexity index is 452. The Balaban J connectivity index is 2.87. The molecule has 0 aromatic heterocycles. The van der Waals surface area contributed by atoms with Crippen molar-refractivity contribution in [3.05, 3.63) is 41.5 Å². The van der Waals surface area contributed by atoms with E-state index >= 15 is 0 Å². The summed E-state index contributed by atoms with van der Waals surface area (Å²) >= 11 is 0. The third-order valence-corrected chi connectivity index (χ3v) is 3.98. The molecular weight excluding hydrogens is 266 g/mol. The molecule has 0 aliphatic heterocycles. The first kappa shape index (κ1) is 16.1. The summed E-state index contributed by atoms with van der Waals surface area (Å²) in [5.74, 6) is 1.11. The Labute approximate surface area is 114 Å². The second kappa shape index (κ2) is 6.99. The summed E-state index contributed by atoms with van der Waals surface area (Å²) < 4.78 is 36.0. The van der Waals surface area contributed by atoms with Crippen molar-refractivity contribution < 1.29 is 18.0 Å². The van der Waals surface area contributed by atoms with Gasteiger partial charge in [-0.15, -0.1) is 0 Å². The maximum atomic E-state index is 12.8. The molecule has 106 valence electrons. The van der Waals surface area contributed by atoms with Gasteiger partial charge in [0.25, 0.3) is 0 Å². The van der Waals surface area contributed by atoms with Crippen molar-refractivity contribution in [2.45, 2.75) is 39.9 Å². The third kappa shape index (κ3) is 6.15. The fourth-order valence-corrected chi connectivity index (χ4v) is 3.15. The molecule has 3 nitrogen and oxygen atoms in total. The van der Waals surface area contributed by atoms with Gasteiger partial charge in [0.15, 0.2) is 0 Å². The minimum atomic E-state index is -3.28. The first-order valence-electron chi connectivity index (χ1n) is 6.22. The second-order valence-corrected chi connectivity index (χ2v) is 6.51. The van der Waals surface area contributed by atoms with E-state index in [1.165, 1.54) is 17.9 Å². The maximum Gasteiger partial charge on any atom is 0.354 e. The normalized spacial score (nSPS) is 12.8. The standard InChI is InChI=1S/C14H20FO3P/c1-11(2)17-19(16,18-12(3)4)10-9-13-5-7-14(15)8-6-13/h5-12H,1-4H3/b10-9+. The summed E-state index contributed by atoms with van der Waals surface area (Å²) in [7, 11) is -3.28. The first-order chi connectivity index (χ1) is 8.81. The fraction of sp³-hybridized carbons (Fsp3) is 0.429. The van der Waals surface area contributed by atoms with Crippen LogP contribution in [0.25, 0.3) is 6.08 Å². The van der Waals surface area contributed by atoms with Crippen LogP contribution in [0.5, 0.6) is 0 Å². The highest BCUT2D eigenvalue weighted by molar-refractivity contribution is 7.57. The Morgan fingerprint density at radius 1 is 1.05 bits per heavy atom. The smallest absolute Gasteiger partial charge is 0.303 e. The summed E-state index contributed by atoms with van der Waals surface area (Å²) in [6.45, 7) is 7.17. The third-order valence-electron chi connectivity index (χ3n) is 2.04. The van der Waals surface area contributed by atoms with Gasteiger partial charge in [0.05, 0.1) is 12.2 Å². The topological polar surface area (TPSA) is 35.5 Å². The monoisotopic (exact) mass is 286 g/mol. The number of hydrogen-bond acceptors (Lipinski definition) is 3. The quantitative estimate of drug-likeness (QED) is 0.702. The molecule has 0 aliphatic rings. The lowest BCUT2D eigenvalue weighted by molar-refractivity contribution is 0.149. The van der Waals surface area contributed by atoms with Crippen LogP contribution in [0.1, 0.15) is 33.3 Å². The van der Waals surface area contributed by atoms with Gasteiger partial charge in [-0.25, -0.2) is 4.39 Å². The van der Waals surface area contributed by atoms with Crippen molar-refractivity contribution in [3.63, 3.8) is 0 Å². The Kier molecular flexibility index (Phi) is 5.92. The zero-order chi connectivity index (χ0) is 14.5. The Morgan fingerprint density at radius 3 is 1.95 bits per heavy atom. The summed E-state index contributed by atoms with van der Waals surface area (Å²) in [6.07, 6.45) is 1.20.